The maximum absolute atomic E-state index is 6.26. The van der Waals surface area contributed by atoms with Crippen LogP contribution in [-0.2, 0) is 13.6 Å². The Morgan fingerprint density at radius 1 is 1.43 bits per heavy atom. The highest BCUT2D eigenvalue weighted by molar-refractivity contribution is 6.43. The summed E-state index contributed by atoms with van der Waals surface area (Å²) >= 11 is 12.3. The molecule has 3 rings (SSSR count). The van der Waals surface area contributed by atoms with Crippen LogP contribution in [0.4, 0.5) is 0 Å². The molecule has 1 aliphatic heterocycles. The molecule has 0 saturated carbocycles. The third kappa shape index (κ3) is 3.15. The number of aryl methyl sites for hydroxylation is 1. The molecule has 0 aliphatic carbocycles. The number of nitrogens with one attached hydrogen (secondary N) is 1. The van der Waals surface area contributed by atoms with Crippen LogP contribution in [0.2, 0.25) is 10.0 Å². The lowest BCUT2D eigenvalue weighted by Crippen LogP contribution is -2.21. The fraction of sp³-hybridized carbons (Fsp3) is 0.429. The van der Waals surface area contributed by atoms with Gasteiger partial charge in [-0.2, -0.15) is 15.0 Å². The van der Waals surface area contributed by atoms with Crippen LogP contribution in [0.1, 0.15) is 30.1 Å². The molecule has 1 aromatic carbocycles. The Morgan fingerprint density at radius 3 is 3.05 bits per heavy atom. The maximum atomic E-state index is 6.26. The highest BCUT2D eigenvalue weighted by Gasteiger charge is 2.23. The molecule has 1 N–H and O–H groups in total. The molecule has 1 aliphatic rings. The topological polar surface area (TPSA) is 52.0 Å². The van der Waals surface area contributed by atoms with E-state index in [-0.39, 0.29) is 6.04 Å². The predicted molar refractivity (Wildman–Crippen MR) is 81.8 cm³/mol. The number of fused-ring (bicyclic) bond motifs is 1. The molecule has 0 bridgehead atoms. The fourth-order valence-electron chi connectivity index (χ4n) is 2.49. The van der Waals surface area contributed by atoms with E-state index in [9.17, 15) is 0 Å². The molecule has 0 amide bonds. The van der Waals surface area contributed by atoms with Gasteiger partial charge >= 0.3 is 0 Å². The third-order valence-electron chi connectivity index (χ3n) is 3.52. The van der Waals surface area contributed by atoms with Crippen molar-refractivity contribution in [3.05, 3.63) is 39.6 Å². The average Bonchev–Trinajstić information content (AvgIpc) is 2.77. The molecule has 2 aromatic rings. The van der Waals surface area contributed by atoms with E-state index >= 15 is 0 Å². The molecule has 0 radical (unpaired) electrons. The normalized spacial score (nSPS) is 18.0. The van der Waals surface area contributed by atoms with Crippen molar-refractivity contribution in [3.63, 3.8) is 0 Å². The Balaban J connectivity index is 1.81. The van der Waals surface area contributed by atoms with E-state index in [0.717, 1.165) is 24.1 Å². The van der Waals surface area contributed by atoms with Gasteiger partial charge in [0.25, 0.3) is 0 Å². The van der Waals surface area contributed by atoms with Gasteiger partial charge in [0.05, 0.1) is 23.5 Å². The van der Waals surface area contributed by atoms with Gasteiger partial charge in [-0.25, -0.2) is 0 Å². The number of halogens is 2. The molecule has 0 fully saturated rings. The Hall–Kier alpha value is -1.30. The van der Waals surface area contributed by atoms with Crippen LogP contribution in [0.25, 0.3) is 0 Å². The number of hydrogen-bond acceptors (Lipinski definition) is 4. The standard InChI is InChI=1S/C14H16Cl2N4O/c1-20-18-8-9(19-20)7-17-12-3-2-6-21-14-10(12)4-5-11(15)13(14)16/h4-5,8,12,17H,2-3,6-7H2,1H3. The van der Waals surface area contributed by atoms with Crippen LogP contribution < -0.4 is 10.1 Å². The number of nitrogens with zero attached hydrogens (tertiary/aromatic N) is 3. The van der Waals surface area contributed by atoms with Gasteiger partial charge in [-0.15, -0.1) is 0 Å². The minimum atomic E-state index is 0.166. The quantitative estimate of drug-likeness (QED) is 0.941. The van der Waals surface area contributed by atoms with Crippen LogP contribution >= 0.6 is 23.2 Å². The first-order chi connectivity index (χ1) is 10.1. The minimum Gasteiger partial charge on any atom is -0.492 e. The maximum Gasteiger partial charge on any atom is 0.144 e. The van der Waals surface area contributed by atoms with Gasteiger partial charge in [0.15, 0.2) is 0 Å². The number of ether oxygens (including phenoxy) is 1. The molecule has 1 unspecified atom stereocenters. The second kappa shape index (κ2) is 6.22. The van der Waals surface area contributed by atoms with Crippen LogP contribution in [0, 0.1) is 0 Å². The average molecular weight is 327 g/mol. The van der Waals surface area contributed by atoms with E-state index in [2.05, 4.69) is 15.5 Å². The molecule has 21 heavy (non-hydrogen) atoms. The first kappa shape index (κ1) is 14.6. The zero-order chi connectivity index (χ0) is 14.8. The second-order valence-corrected chi connectivity index (χ2v) is 5.81. The van der Waals surface area contributed by atoms with E-state index in [4.69, 9.17) is 27.9 Å². The van der Waals surface area contributed by atoms with Gasteiger partial charge in [-0.05, 0) is 18.9 Å². The number of hydrogen-bond donors (Lipinski definition) is 1. The summed E-state index contributed by atoms with van der Waals surface area (Å²) in [6, 6.07) is 3.96. The monoisotopic (exact) mass is 326 g/mol. The van der Waals surface area contributed by atoms with Crippen molar-refractivity contribution >= 4 is 23.2 Å². The minimum absolute atomic E-state index is 0.166. The van der Waals surface area contributed by atoms with Gasteiger partial charge in [0, 0.05) is 25.2 Å². The molecular formula is C14H16Cl2N4O. The summed E-state index contributed by atoms with van der Waals surface area (Å²) in [5.74, 6) is 0.693. The molecule has 1 aromatic heterocycles. The summed E-state index contributed by atoms with van der Waals surface area (Å²) in [6.07, 6.45) is 3.70. The smallest absolute Gasteiger partial charge is 0.144 e. The van der Waals surface area contributed by atoms with Gasteiger partial charge in [-0.3, -0.25) is 0 Å². The van der Waals surface area contributed by atoms with Crippen LogP contribution in [0.15, 0.2) is 18.3 Å². The van der Waals surface area contributed by atoms with Crippen molar-refractivity contribution in [2.75, 3.05) is 6.61 Å². The summed E-state index contributed by atoms with van der Waals surface area (Å²) in [6.45, 7) is 1.30. The lowest BCUT2D eigenvalue weighted by Gasteiger charge is -2.18. The van der Waals surface area contributed by atoms with Crippen LogP contribution in [-0.4, -0.2) is 21.6 Å². The van der Waals surface area contributed by atoms with Gasteiger partial charge < -0.3 is 10.1 Å². The summed E-state index contributed by atoms with van der Waals surface area (Å²) in [5.41, 5.74) is 1.95. The molecule has 0 spiro atoms. The second-order valence-electron chi connectivity index (χ2n) is 5.03. The van der Waals surface area contributed by atoms with E-state index in [1.807, 2.05) is 12.1 Å². The Morgan fingerprint density at radius 2 is 2.29 bits per heavy atom. The van der Waals surface area contributed by atoms with Crippen molar-refractivity contribution in [1.29, 1.82) is 0 Å². The van der Waals surface area contributed by atoms with Gasteiger partial charge in [-0.1, -0.05) is 29.3 Å². The van der Waals surface area contributed by atoms with Crippen molar-refractivity contribution in [3.8, 4) is 5.75 Å². The molecule has 1 atom stereocenters. The highest BCUT2D eigenvalue weighted by atomic mass is 35.5. The lowest BCUT2D eigenvalue weighted by molar-refractivity contribution is 0.315. The molecular weight excluding hydrogens is 311 g/mol. The van der Waals surface area contributed by atoms with Gasteiger partial charge in [0.2, 0.25) is 0 Å². The summed E-state index contributed by atoms with van der Waals surface area (Å²) < 4.78 is 5.76. The van der Waals surface area contributed by atoms with Crippen molar-refractivity contribution in [2.24, 2.45) is 7.05 Å². The van der Waals surface area contributed by atoms with Crippen LogP contribution in [0.3, 0.4) is 0 Å². The van der Waals surface area contributed by atoms with Gasteiger partial charge in [0.1, 0.15) is 10.8 Å². The first-order valence-electron chi connectivity index (χ1n) is 6.84. The summed E-state index contributed by atoms with van der Waals surface area (Å²) in [4.78, 5) is 1.55. The molecule has 5 nitrogen and oxygen atoms in total. The highest BCUT2D eigenvalue weighted by Crippen LogP contribution is 2.40. The first-order valence-corrected chi connectivity index (χ1v) is 7.60. The summed E-state index contributed by atoms with van der Waals surface area (Å²) in [7, 11) is 1.81. The van der Waals surface area contributed by atoms with Crippen LogP contribution in [0.5, 0.6) is 5.75 Å². The third-order valence-corrected chi connectivity index (χ3v) is 4.30. The van der Waals surface area contributed by atoms with E-state index in [1.54, 1.807) is 18.0 Å². The Kier molecular flexibility index (Phi) is 4.33. The number of rotatable bonds is 3. The van der Waals surface area contributed by atoms with E-state index in [0.29, 0.717) is 28.9 Å². The fourth-order valence-corrected chi connectivity index (χ4v) is 2.87. The van der Waals surface area contributed by atoms with Crippen molar-refractivity contribution in [2.45, 2.75) is 25.4 Å². The summed E-state index contributed by atoms with van der Waals surface area (Å²) in [5, 5.41) is 12.8. The number of benzene rings is 1. The van der Waals surface area contributed by atoms with Crippen molar-refractivity contribution in [1.82, 2.24) is 20.3 Å². The largest absolute Gasteiger partial charge is 0.492 e. The van der Waals surface area contributed by atoms with E-state index < -0.39 is 0 Å². The zero-order valence-electron chi connectivity index (χ0n) is 11.6. The number of aromatic nitrogens is 3. The Bertz CT molecular complexity index is 644. The van der Waals surface area contributed by atoms with Crippen molar-refractivity contribution < 1.29 is 4.74 Å². The zero-order valence-corrected chi connectivity index (χ0v) is 13.2. The SMILES string of the molecule is Cn1ncc(CNC2CCCOc3c2ccc(Cl)c3Cl)n1. The molecule has 112 valence electrons. The van der Waals surface area contributed by atoms with E-state index in [1.165, 1.54) is 0 Å². The molecule has 2 heterocycles. The lowest BCUT2D eigenvalue weighted by atomic mass is 10.0. The predicted octanol–water partition coefficient (Wildman–Crippen LogP) is 3.13. The molecule has 0 saturated heterocycles. The Labute approximate surface area is 133 Å². The molecule has 7 heteroatoms.